The van der Waals surface area contributed by atoms with Gasteiger partial charge < -0.3 is 10.2 Å². The van der Waals surface area contributed by atoms with E-state index in [1.165, 1.54) is 11.1 Å². The maximum Gasteiger partial charge on any atom is 0.223 e. The summed E-state index contributed by atoms with van der Waals surface area (Å²) in [7, 11) is 0. The molecule has 2 rings (SSSR count). The van der Waals surface area contributed by atoms with Crippen LogP contribution in [0.5, 0.6) is 0 Å². The Morgan fingerprint density at radius 1 is 1.32 bits per heavy atom. The van der Waals surface area contributed by atoms with Crippen LogP contribution in [0.4, 0.5) is 0 Å². The Morgan fingerprint density at radius 3 is 2.63 bits per heavy atom. The second-order valence-electron chi connectivity index (χ2n) is 5.31. The highest BCUT2D eigenvalue weighted by atomic mass is 16.2. The summed E-state index contributed by atoms with van der Waals surface area (Å²) in [5, 5.41) is 3.31. The molecular formula is C16H24N2O. The lowest BCUT2D eigenvalue weighted by molar-refractivity contribution is -0.133. The van der Waals surface area contributed by atoms with Crippen LogP contribution in [-0.4, -0.2) is 36.5 Å². The van der Waals surface area contributed by atoms with Crippen molar-refractivity contribution in [1.82, 2.24) is 10.2 Å². The smallest absolute Gasteiger partial charge is 0.223 e. The Balaban J connectivity index is 1.85. The van der Waals surface area contributed by atoms with Crippen molar-refractivity contribution in [3.8, 4) is 0 Å². The Kier molecular flexibility index (Phi) is 4.97. The number of nitrogens with one attached hydrogen (secondary N) is 1. The fourth-order valence-electron chi connectivity index (χ4n) is 2.55. The number of hydrogen-bond donors (Lipinski definition) is 1. The highest BCUT2D eigenvalue weighted by Crippen LogP contribution is 2.10. The number of nitrogens with zero attached hydrogens (tertiary/aromatic N) is 1. The van der Waals surface area contributed by atoms with Gasteiger partial charge in [-0.2, -0.15) is 0 Å². The number of piperazine rings is 1. The monoisotopic (exact) mass is 260 g/mol. The lowest BCUT2D eigenvalue weighted by Gasteiger charge is -2.34. The van der Waals surface area contributed by atoms with E-state index in [4.69, 9.17) is 0 Å². The molecule has 1 aliphatic rings. The molecule has 0 saturated carbocycles. The van der Waals surface area contributed by atoms with Gasteiger partial charge in [0.1, 0.15) is 0 Å². The molecule has 0 aromatic heterocycles. The van der Waals surface area contributed by atoms with Gasteiger partial charge in [0.15, 0.2) is 0 Å². The molecule has 1 aromatic rings. The predicted molar refractivity (Wildman–Crippen MR) is 78.2 cm³/mol. The van der Waals surface area contributed by atoms with Crippen molar-refractivity contribution in [2.24, 2.45) is 0 Å². The van der Waals surface area contributed by atoms with E-state index in [-0.39, 0.29) is 5.91 Å². The second kappa shape index (κ2) is 6.71. The lowest BCUT2D eigenvalue weighted by atomic mass is 10.1. The number of aryl methyl sites for hydroxylation is 2. The molecule has 3 heteroatoms. The first-order valence-corrected chi connectivity index (χ1v) is 7.28. The van der Waals surface area contributed by atoms with Crippen molar-refractivity contribution in [3.05, 3.63) is 35.4 Å². The molecule has 19 heavy (non-hydrogen) atoms. The van der Waals surface area contributed by atoms with Crippen molar-refractivity contribution < 1.29 is 4.79 Å². The highest BCUT2D eigenvalue weighted by molar-refractivity contribution is 5.77. The number of hydrogen-bond acceptors (Lipinski definition) is 2. The van der Waals surface area contributed by atoms with Gasteiger partial charge in [-0.05, 0) is 30.9 Å². The summed E-state index contributed by atoms with van der Waals surface area (Å²) < 4.78 is 0. The Labute approximate surface area is 116 Å². The minimum absolute atomic E-state index is 0.286. The fourth-order valence-corrected chi connectivity index (χ4v) is 2.55. The van der Waals surface area contributed by atoms with E-state index in [2.05, 4.69) is 43.4 Å². The normalized spacial score (nSPS) is 19.5. The zero-order valence-electron chi connectivity index (χ0n) is 12.0. The third-order valence-electron chi connectivity index (χ3n) is 3.88. The summed E-state index contributed by atoms with van der Waals surface area (Å²) in [6.45, 7) is 6.94. The molecule has 1 N–H and O–H groups in total. The first-order chi connectivity index (χ1) is 9.20. The van der Waals surface area contributed by atoms with Crippen LogP contribution >= 0.6 is 0 Å². The van der Waals surface area contributed by atoms with Crippen molar-refractivity contribution in [2.45, 2.75) is 39.2 Å². The topological polar surface area (TPSA) is 32.3 Å². The van der Waals surface area contributed by atoms with E-state index >= 15 is 0 Å². The first kappa shape index (κ1) is 14.1. The number of rotatable bonds is 4. The highest BCUT2D eigenvalue weighted by Gasteiger charge is 2.22. The molecule has 1 heterocycles. The van der Waals surface area contributed by atoms with Gasteiger partial charge in [-0.15, -0.1) is 0 Å². The van der Waals surface area contributed by atoms with Crippen molar-refractivity contribution >= 4 is 5.91 Å². The summed E-state index contributed by atoms with van der Waals surface area (Å²) >= 11 is 0. The number of carbonyl (C=O) groups is 1. The molecule has 3 nitrogen and oxygen atoms in total. The van der Waals surface area contributed by atoms with Crippen LogP contribution in [0.2, 0.25) is 0 Å². The van der Waals surface area contributed by atoms with Crippen LogP contribution in [0.3, 0.4) is 0 Å². The average molecular weight is 260 g/mol. The fraction of sp³-hybridized carbons (Fsp3) is 0.562. The first-order valence-electron chi connectivity index (χ1n) is 7.28. The number of amides is 1. The molecule has 0 aliphatic carbocycles. The van der Waals surface area contributed by atoms with E-state index in [0.717, 1.165) is 32.5 Å². The van der Waals surface area contributed by atoms with Gasteiger partial charge in [-0.1, -0.05) is 31.2 Å². The third-order valence-corrected chi connectivity index (χ3v) is 3.88. The zero-order chi connectivity index (χ0) is 13.7. The molecule has 0 bridgehead atoms. The van der Waals surface area contributed by atoms with Gasteiger partial charge in [0.25, 0.3) is 0 Å². The van der Waals surface area contributed by atoms with Gasteiger partial charge in [0, 0.05) is 32.1 Å². The lowest BCUT2D eigenvalue weighted by Crippen LogP contribution is -2.52. The zero-order valence-corrected chi connectivity index (χ0v) is 12.0. The van der Waals surface area contributed by atoms with Crippen molar-refractivity contribution in [2.75, 3.05) is 19.6 Å². The predicted octanol–water partition coefficient (Wildman–Crippen LogP) is 2.00. The van der Waals surface area contributed by atoms with Gasteiger partial charge in [0.2, 0.25) is 5.91 Å². The summed E-state index contributed by atoms with van der Waals surface area (Å²) in [6.07, 6.45) is 2.53. The van der Waals surface area contributed by atoms with E-state index in [1.54, 1.807) is 0 Å². The van der Waals surface area contributed by atoms with Gasteiger partial charge >= 0.3 is 0 Å². The summed E-state index contributed by atoms with van der Waals surface area (Å²) in [5.41, 5.74) is 2.61. The Morgan fingerprint density at radius 2 is 2.00 bits per heavy atom. The maximum atomic E-state index is 12.2. The summed E-state index contributed by atoms with van der Waals surface area (Å²) in [6, 6.07) is 8.94. The number of carbonyl (C=O) groups excluding carboxylic acids is 1. The quantitative estimate of drug-likeness (QED) is 0.898. The Bertz CT molecular complexity index is 413. The maximum absolute atomic E-state index is 12.2. The molecule has 0 unspecified atom stereocenters. The number of benzene rings is 1. The van der Waals surface area contributed by atoms with Crippen molar-refractivity contribution in [1.29, 1.82) is 0 Å². The van der Waals surface area contributed by atoms with E-state index < -0.39 is 0 Å². The standard InChI is InChI=1S/C16H24N2O/c1-3-14-4-6-15(7-5-14)8-9-16(19)18-11-10-17-12-13(18)2/h4-7,13,17H,3,8-12H2,1-2H3/t13-/m0/s1. The molecule has 1 aliphatic heterocycles. The minimum Gasteiger partial charge on any atom is -0.337 e. The van der Waals surface area contributed by atoms with Crippen LogP contribution in [0.15, 0.2) is 24.3 Å². The molecule has 1 saturated heterocycles. The van der Waals surface area contributed by atoms with Crippen LogP contribution in [0.1, 0.15) is 31.4 Å². The molecule has 104 valence electrons. The largest absolute Gasteiger partial charge is 0.337 e. The molecule has 0 radical (unpaired) electrons. The molecule has 1 fully saturated rings. The third kappa shape index (κ3) is 3.80. The van der Waals surface area contributed by atoms with Crippen LogP contribution < -0.4 is 5.32 Å². The summed E-state index contributed by atoms with van der Waals surface area (Å²) in [4.78, 5) is 14.2. The van der Waals surface area contributed by atoms with Crippen LogP contribution in [-0.2, 0) is 17.6 Å². The van der Waals surface area contributed by atoms with E-state index in [9.17, 15) is 4.79 Å². The van der Waals surface area contributed by atoms with E-state index in [1.807, 2.05) is 4.90 Å². The van der Waals surface area contributed by atoms with Gasteiger partial charge in [0.05, 0.1) is 0 Å². The molecular weight excluding hydrogens is 236 g/mol. The molecule has 1 atom stereocenters. The van der Waals surface area contributed by atoms with Gasteiger partial charge in [-0.25, -0.2) is 0 Å². The molecule has 1 aromatic carbocycles. The summed E-state index contributed by atoms with van der Waals surface area (Å²) in [5.74, 6) is 0.286. The SMILES string of the molecule is CCc1ccc(CCC(=O)N2CCNC[C@@H]2C)cc1. The minimum atomic E-state index is 0.286. The Hall–Kier alpha value is -1.35. The van der Waals surface area contributed by atoms with Crippen LogP contribution in [0, 0.1) is 0 Å². The molecule has 1 amide bonds. The second-order valence-corrected chi connectivity index (χ2v) is 5.31. The average Bonchev–Trinajstić information content (AvgIpc) is 2.46. The van der Waals surface area contributed by atoms with Crippen LogP contribution in [0.25, 0.3) is 0 Å². The van der Waals surface area contributed by atoms with Gasteiger partial charge in [-0.3, -0.25) is 4.79 Å². The van der Waals surface area contributed by atoms with Crippen molar-refractivity contribution in [3.63, 3.8) is 0 Å². The van der Waals surface area contributed by atoms with E-state index in [0.29, 0.717) is 12.5 Å². The molecule has 0 spiro atoms.